The molecule has 4 aromatic rings. The molecule has 0 saturated carbocycles. The molecule has 0 aliphatic rings. The van der Waals surface area contributed by atoms with Gasteiger partial charge in [-0.25, -0.2) is 14.4 Å². The number of hydrogen-bond donors (Lipinski definition) is 3. The Balaban J connectivity index is 1.60. The number of aryl methyl sites for hydroxylation is 1. The summed E-state index contributed by atoms with van der Waals surface area (Å²) in [7, 11) is 0. The van der Waals surface area contributed by atoms with Crippen molar-refractivity contribution in [2.45, 2.75) is 26.4 Å². The van der Waals surface area contributed by atoms with Crippen LogP contribution in [0.5, 0.6) is 0 Å². The van der Waals surface area contributed by atoms with E-state index in [9.17, 15) is 4.39 Å². The molecule has 4 rings (SSSR count). The fraction of sp³-hybridized carbons (Fsp3) is 0.217. The normalized spacial score (nSPS) is 12.1. The van der Waals surface area contributed by atoms with Crippen molar-refractivity contribution in [3.8, 4) is 34.3 Å². The van der Waals surface area contributed by atoms with Crippen LogP contribution in [0.15, 0.2) is 53.1 Å². The van der Waals surface area contributed by atoms with Gasteiger partial charge in [0.15, 0.2) is 11.5 Å². The molecule has 0 saturated heterocycles. The van der Waals surface area contributed by atoms with E-state index in [2.05, 4.69) is 25.5 Å². The predicted octanol–water partition coefficient (Wildman–Crippen LogP) is 3.36. The third kappa shape index (κ3) is 4.63. The number of aromatic nitrogens is 4. The standard InChI is InChI=1S/C23H23FN6O2/c1-13-3-6-16(7-4-13)19-11-27-21(25)20(28-19)23-30-29-22(32-23)17-8-5-15(9-18(17)24)10-26-14(2)12-31/h3-9,11,14,26,31H,10,12H2,1-2H3,(H2,25,27)/t14-/m0/s1. The summed E-state index contributed by atoms with van der Waals surface area (Å²) in [5.74, 6) is -0.289. The van der Waals surface area contributed by atoms with E-state index in [4.69, 9.17) is 15.3 Å². The second-order valence-corrected chi connectivity index (χ2v) is 7.55. The summed E-state index contributed by atoms with van der Waals surface area (Å²) in [6.45, 7) is 4.27. The molecule has 0 spiro atoms. The molecular formula is C23H23FN6O2. The van der Waals surface area contributed by atoms with Crippen LogP contribution in [0.4, 0.5) is 10.2 Å². The molecule has 32 heavy (non-hydrogen) atoms. The Labute approximate surface area is 184 Å². The van der Waals surface area contributed by atoms with E-state index in [0.29, 0.717) is 12.2 Å². The lowest BCUT2D eigenvalue weighted by Gasteiger charge is -2.10. The molecular weight excluding hydrogens is 411 g/mol. The highest BCUT2D eigenvalue weighted by Crippen LogP contribution is 2.29. The number of rotatable bonds is 7. The van der Waals surface area contributed by atoms with Gasteiger partial charge in [0.1, 0.15) is 5.82 Å². The number of hydrogen-bond acceptors (Lipinski definition) is 8. The molecule has 4 N–H and O–H groups in total. The number of benzene rings is 2. The first-order valence-corrected chi connectivity index (χ1v) is 10.1. The zero-order valence-electron chi connectivity index (χ0n) is 17.7. The van der Waals surface area contributed by atoms with E-state index < -0.39 is 5.82 Å². The summed E-state index contributed by atoms with van der Waals surface area (Å²) >= 11 is 0. The minimum atomic E-state index is -0.497. The molecule has 0 unspecified atom stereocenters. The van der Waals surface area contributed by atoms with Gasteiger partial charge in [0, 0.05) is 18.2 Å². The first-order valence-electron chi connectivity index (χ1n) is 10.1. The summed E-state index contributed by atoms with van der Waals surface area (Å²) < 4.78 is 20.4. The molecule has 0 radical (unpaired) electrons. The second kappa shape index (κ2) is 9.21. The summed E-state index contributed by atoms with van der Waals surface area (Å²) in [5.41, 5.74) is 9.73. The number of nitrogen functional groups attached to an aromatic ring is 1. The van der Waals surface area contributed by atoms with Gasteiger partial charge in [0.2, 0.25) is 0 Å². The van der Waals surface area contributed by atoms with Crippen LogP contribution >= 0.6 is 0 Å². The first kappa shape index (κ1) is 21.5. The van der Waals surface area contributed by atoms with E-state index in [-0.39, 0.29) is 41.5 Å². The van der Waals surface area contributed by atoms with Gasteiger partial charge >= 0.3 is 0 Å². The minimum absolute atomic E-state index is 0.00245. The van der Waals surface area contributed by atoms with Gasteiger partial charge in [-0.2, -0.15) is 0 Å². The lowest BCUT2D eigenvalue weighted by atomic mass is 10.1. The number of aliphatic hydroxyl groups is 1. The van der Waals surface area contributed by atoms with Crippen LogP contribution in [0, 0.1) is 12.7 Å². The summed E-state index contributed by atoms with van der Waals surface area (Å²) in [4.78, 5) is 8.72. The van der Waals surface area contributed by atoms with Gasteiger partial charge < -0.3 is 20.6 Å². The minimum Gasteiger partial charge on any atom is -0.414 e. The van der Waals surface area contributed by atoms with Crippen LogP contribution in [0.25, 0.3) is 34.3 Å². The Morgan fingerprint density at radius 3 is 2.59 bits per heavy atom. The van der Waals surface area contributed by atoms with Crippen molar-refractivity contribution in [3.05, 3.63) is 65.6 Å². The maximum Gasteiger partial charge on any atom is 0.270 e. The number of halogens is 1. The van der Waals surface area contributed by atoms with Gasteiger partial charge in [-0.05, 0) is 31.5 Å². The van der Waals surface area contributed by atoms with Crippen molar-refractivity contribution < 1.29 is 13.9 Å². The maximum absolute atomic E-state index is 14.7. The van der Waals surface area contributed by atoms with Crippen molar-refractivity contribution in [2.24, 2.45) is 0 Å². The zero-order valence-corrected chi connectivity index (χ0v) is 17.7. The molecule has 2 aromatic carbocycles. The molecule has 0 amide bonds. The quantitative estimate of drug-likeness (QED) is 0.405. The number of nitrogens with two attached hydrogens (primary N) is 1. The molecule has 164 valence electrons. The smallest absolute Gasteiger partial charge is 0.270 e. The predicted molar refractivity (Wildman–Crippen MR) is 119 cm³/mol. The SMILES string of the molecule is Cc1ccc(-c2cnc(N)c(-c3nnc(-c4ccc(CN[C@@H](C)CO)cc4F)o3)n2)cc1. The third-order valence-corrected chi connectivity index (χ3v) is 4.97. The summed E-state index contributed by atoms with van der Waals surface area (Å²) in [5, 5.41) is 20.1. The number of nitrogens with zero attached hydrogens (tertiary/aromatic N) is 4. The van der Waals surface area contributed by atoms with E-state index in [0.717, 1.165) is 16.7 Å². The Bertz CT molecular complexity index is 1230. The molecule has 2 heterocycles. The highest BCUT2D eigenvalue weighted by Gasteiger charge is 2.19. The van der Waals surface area contributed by atoms with Crippen LogP contribution in [-0.4, -0.2) is 37.9 Å². The molecule has 9 heteroatoms. The Morgan fingerprint density at radius 1 is 1.12 bits per heavy atom. The van der Waals surface area contributed by atoms with E-state index in [1.165, 1.54) is 6.07 Å². The maximum atomic E-state index is 14.7. The lowest BCUT2D eigenvalue weighted by Crippen LogP contribution is -2.28. The molecule has 2 aromatic heterocycles. The molecule has 0 aliphatic heterocycles. The van der Waals surface area contributed by atoms with Gasteiger partial charge in [0.05, 0.1) is 24.1 Å². The Hall–Kier alpha value is -3.69. The van der Waals surface area contributed by atoms with Gasteiger partial charge in [-0.15, -0.1) is 10.2 Å². The highest BCUT2D eigenvalue weighted by molar-refractivity contribution is 5.69. The molecule has 1 atom stereocenters. The van der Waals surface area contributed by atoms with E-state index in [1.807, 2.05) is 38.1 Å². The first-order chi connectivity index (χ1) is 15.4. The average molecular weight is 434 g/mol. The van der Waals surface area contributed by atoms with Crippen molar-refractivity contribution in [1.29, 1.82) is 0 Å². The van der Waals surface area contributed by atoms with Crippen LogP contribution < -0.4 is 11.1 Å². The van der Waals surface area contributed by atoms with Crippen molar-refractivity contribution in [3.63, 3.8) is 0 Å². The van der Waals surface area contributed by atoms with Crippen LogP contribution in [0.3, 0.4) is 0 Å². The summed E-state index contributed by atoms with van der Waals surface area (Å²) in [6.07, 6.45) is 1.57. The fourth-order valence-electron chi connectivity index (χ4n) is 3.05. The van der Waals surface area contributed by atoms with Crippen LogP contribution in [0.2, 0.25) is 0 Å². The number of aliphatic hydroxyl groups excluding tert-OH is 1. The number of nitrogens with one attached hydrogen (secondary N) is 1. The van der Waals surface area contributed by atoms with Crippen molar-refractivity contribution in [1.82, 2.24) is 25.5 Å². The summed E-state index contributed by atoms with van der Waals surface area (Å²) in [6, 6.07) is 12.5. The Kier molecular flexibility index (Phi) is 6.20. The van der Waals surface area contributed by atoms with Gasteiger partial charge in [-0.3, -0.25) is 0 Å². The number of anilines is 1. The fourth-order valence-corrected chi connectivity index (χ4v) is 3.05. The molecule has 8 nitrogen and oxygen atoms in total. The van der Waals surface area contributed by atoms with Crippen LogP contribution in [-0.2, 0) is 6.54 Å². The zero-order chi connectivity index (χ0) is 22.7. The van der Waals surface area contributed by atoms with Crippen molar-refractivity contribution in [2.75, 3.05) is 12.3 Å². The monoisotopic (exact) mass is 434 g/mol. The van der Waals surface area contributed by atoms with Crippen LogP contribution in [0.1, 0.15) is 18.1 Å². The largest absolute Gasteiger partial charge is 0.414 e. The van der Waals surface area contributed by atoms with E-state index >= 15 is 0 Å². The van der Waals surface area contributed by atoms with E-state index in [1.54, 1.807) is 18.3 Å². The third-order valence-electron chi connectivity index (χ3n) is 4.97. The topological polar surface area (TPSA) is 123 Å². The molecule has 0 aliphatic carbocycles. The highest BCUT2D eigenvalue weighted by atomic mass is 19.1. The molecule has 0 bridgehead atoms. The van der Waals surface area contributed by atoms with Gasteiger partial charge in [-0.1, -0.05) is 35.9 Å². The average Bonchev–Trinajstić information content (AvgIpc) is 3.28. The van der Waals surface area contributed by atoms with Crippen molar-refractivity contribution >= 4 is 5.82 Å². The Morgan fingerprint density at radius 2 is 1.88 bits per heavy atom. The lowest BCUT2D eigenvalue weighted by molar-refractivity contribution is 0.251. The second-order valence-electron chi connectivity index (χ2n) is 7.55. The molecule has 0 fully saturated rings. The van der Waals surface area contributed by atoms with Gasteiger partial charge in [0.25, 0.3) is 11.8 Å².